The first-order chi connectivity index (χ1) is 8.42. The van der Waals surface area contributed by atoms with Gasteiger partial charge in [-0.05, 0) is 28.4 Å². The van der Waals surface area contributed by atoms with Gasteiger partial charge in [-0.3, -0.25) is 0 Å². The number of benzene rings is 1. The number of rotatable bonds is 6. The summed E-state index contributed by atoms with van der Waals surface area (Å²) < 4.78 is 25.4. The second-order valence-electron chi connectivity index (χ2n) is 5.15. The average Bonchev–Trinajstić information content (AvgIpc) is 2.35. The molecule has 0 aliphatic carbocycles. The summed E-state index contributed by atoms with van der Waals surface area (Å²) >= 11 is 0. The Hall–Kier alpha value is -0.873. The normalized spacial score (nSPS) is 12.2. The maximum atomic E-state index is 15.2. The van der Waals surface area contributed by atoms with Gasteiger partial charge in [0.1, 0.15) is 5.75 Å². The highest BCUT2D eigenvalue weighted by Gasteiger charge is 2.43. The summed E-state index contributed by atoms with van der Waals surface area (Å²) in [5, 5.41) is 0.845. The number of methoxy groups -OCH3 is 1. The van der Waals surface area contributed by atoms with Crippen LogP contribution < -0.4 is 9.92 Å². The van der Waals surface area contributed by atoms with Gasteiger partial charge in [-0.25, -0.2) is 0 Å². The fourth-order valence-corrected chi connectivity index (χ4v) is 5.61. The zero-order valence-electron chi connectivity index (χ0n) is 11.9. The molecule has 0 fully saturated rings. The molecule has 0 saturated carbocycles. The van der Waals surface area contributed by atoms with E-state index in [0.29, 0.717) is 5.75 Å². The Morgan fingerprint density at radius 1 is 1.06 bits per heavy atom. The molecule has 1 aromatic carbocycles. The second kappa shape index (κ2) is 6.34. The SMILES string of the molecule is COCOc1ccc([Si](F)(C(C)C)C(C)C)cc1. The molecule has 0 spiro atoms. The minimum Gasteiger partial charge on any atom is -0.468 e. The standard InChI is InChI=1S/C14H23FO2Si/c1-11(2)18(15,12(3)4)14-8-6-13(7-9-14)17-10-16-5/h6-9,11-12H,10H2,1-5H3. The molecule has 0 radical (unpaired) electrons. The molecular weight excluding hydrogens is 247 g/mol. The van der Waals surface area contributed by atoms with Gasteiger partial charge in [-0.1, -0.05) is 39.8 Å². The van der Waals surface area contributed by atoms with Crippen LogP contribution in [0.2, 0.25) is 11.1 Å². The highest BCUT2D eigenvalue weighted by Crippen LogP contribution is 2.33. The molecule has 0 aromatic heterocycles. The van der Waals surface area contributed by atoms with Crippen LogP contribution in [0, 0.1) is 0 Å². The molecule has 0 bridgehead atoms. The lowest BCUT2D eigenvalue weighted by Crippen LogP contribution is -2.48. The van der Waals surface area contributed by atoms with E-state index in [-0.39, 0.29) is 17.9 Å². The van der Waals surface area contributed by atoms with E-state index < -0.39 is 8.41 Å². The topological polar surface area (TPSA) is 18.5 Å². The summed E-state index contributed by atoms with van der Waals surface area (Å²) in [5.41, 5.74) is 0.145. The van der Waals surface area contributed by atoms with E-state index in [4.69, 9.17) is 9.47 Å². The van der Waals surface area contributed by atoms with Gasteiger partial charge in [0.05, 0.1) is 0 Å². The third-order valence-corrected chi connectivity index (χ3v) is 7.90. The van der Waals surface area contributed by atoms with Crippen molar-refractivity contribution in [3.05, 3.63) is 24.3 Å². The molecule has 0 unspecified atom stereocenters. The van der Waals surface area contributed by atoms with Crippen molar-refractivity contribution in [3.8, 4) is 5.75 Å². The zero-order chi connectivity index (χ0) is 13.8. The maximum absolute atomic E-state index is 15.2. The van der Waals surface area contributed by atoms with Gasteiger partial charge < -0.3 is 13.6 Å². The second-order valence-corrected chi connectivity index (χ2v) is 9.58. The first-order valence-corrected chi connectivity index (χ1v) is 8.37. The lowest BCUT2D eigenvalue weighted by molar-refractivity contribution is 0.0511. The predicted octanol–water partition coefficient (Wildman–Crippen LogP) is 3.61. The van der Waals surface area contributed by atoms with Crippen LogP contribution in [-0.2, 0) is 4.74 Å². The number of hydrogen-bond acceptors (Lipinski definition) is 2. The van der Waals surface area contributed by atoms with Crippen molar-refractivity contribution in [1.82, 2.24) is 0 Å². The Labute approximate surface area is 110 Å². The monoisotopic (exact) mass is 270 g/mol. The van der Waals surface area contributed by atoms with Gasteiger partial charge in [0.15, 0.2) is 6.79 Å². The van der Waals surface area contributed by atoms with Crippen molar-refractivity contribution in [3.63, 3.8) is 0 Å². The molecule has 18 heavy (non-hydrogen) atoms. The largest absolute Gasteiger partial charge is 0.468 e. The Bertz CT molecular complexity index is 355. The van der Waals surface area contributed by atoms with Gasteiger partial charge in [-0.15, -0.1) is 0 Å². The predicted molar refractivity (Wildman–Crippen MR) is 75.6 cm³/mol. The van der Waals surface area contributed by atoms with Gasteiger partial charge in [0.2, 0.25) is 0 Å². The Kier molecular flexibility index (Phi) is 5.35. The van der Waals surface area contributed by atoms with Crippen molar-refractivity contribution in [2.45, 2.75) is 38.8 Å². The van der Waals surface area contributed by atoms with Crippen LogP contribution in [-0.4, -0.2) is 22.3 Å². The minimum atomic E-state index is -2.92. The quantitative estimate of drug-likeness (QED) is 0.446. The lowest BCUT2D eigenvalue weighted by atomic mass is 10.3. The summed E-state index contributed by atoms with van der Waals surface area (Å²) in [5.74, 6) is 0.712. The Balaban J connectivity index is 2.95. The zero-order valence-corrected chi connectivity index (χ0v) is 12.9. The third kappa shape index (κ3) is 3.12. The van der Waals surface area contributed by atoms with Crippen LogP contribution in [0.5, 0.6) is 5.75 Å². The summed E-state index contributed by atoms with van der Waals surface area (Å²) in [7, 11) is -1.35. The van der Waals surface area contributed by atoms with E-state index in [9.17, 15) is 0 Å². The molecule has 0 N–H and O–H groups in total. The molecule has 0 amide bonds. The smallest absolute Gasteiger partial charge is 0.282 e. The Morgan fingerprint density at radius 2 is 1.56 bits per heavy atom. The van der Waals surface area contributed by atoms with Crippen LogP contribution in [0.3, 0.4) is 0 Å². The first kappa shape index (κ1) is 15.2. The minimum absolute atomic E-state index is 0.0724. The van der Waals surface area contributed by atoms with Gasteiger partial charge in [-0.2, -0.15) is 0 Å². The maximum Gasteiger partial charge on any atom is 0.282 e. The van der Waals surface area contributed by atoms with Gasteiger partial charge >= 0.3 is 0 Å². The number of halogens is 1. The molecule has 0 aliphatic heterocycles. The first-order valence-electron chi connectivity index (χ1n) is 6.34. The van der Waals surface area contributed by atoms with E-state index in [1.807, 2.05) is 52.0 Å². The molecule has 0 heterocycles. The van der Waals surface area contributed by atoms with E-state index in [2.05, 4.69) is 0 Å². The molecule has 1 rings (SSSR count). The Morgan fingerprint density at radius 3 is 1.94 bits per heavy atom. The molecule has 1 aromatic rings. The van der Waals surface area contributed by atoms with Crippen LogP contribution in [0.4, 0.5) is 4.11 Å². The average molecular weight is 270 g/mol. The van der Waals surface area contributed by atoms with E-state index in [1.54, 1.807) is 7.11 Å². The van der Waals surface area contributed by atoms with Crippen LogP contribution in [0.15, 0.2) is 24.3 Å². The number of hydrogen-bond donors (Lipinski definition) is 0. The molecule has 2 nitrogen and oxygen atoms in total. The molecule has 102 valence electrons. The fourth-order valence-electron chi connectivity index (χ4n) is 2.27. The molecule has 0 atom stereocenters. The summed E-state index contributed by atoms with van der Waals surface area (Å²) in [6.45, 7) is 8.11. The van der Waals surface area contributed by atoms with Crippen molar-refractivity contribution < 1.29 is 13.6 Å². The lowest BCUT2D eigenvalue weighted by Gasteiger charge is -2.30. The van der Waals surface area contributed by atoms with Crippen LogP contribution in [0.1, 0.15) is 27.7 Å². The van der Waals surface area contributed by atoms with Gasteiger partial charge in [0.25, 0.3) is 8.41 Å². The molecule has 0 saturated heterocycles. The third-order valence-electron chi connectivity index (χ3n) is 3.32. The van der Waals surface area contributed by atoms with Gasteiger partial charge in [0, 0.05) is 7.11 Å². The van der Waals surface area contributed by atoms with E-state index in [1.165, 1.54) is 0 Å². The van der Waals surface area contributed by atoms with Crippen molar-refractivity contribution in [2.75, 3.05) is 13.9 Å². The highest BCUT2D eigenvalue weighted by molar-refractivity contribution is 6.88. The highest BCUT2D eigenvalue weighted by atomic mass is 28.4. The summed E-state index contributed by atoms with van der Waals surface area (Å²) in [4.78, 5) is 0. The van der Waals surface area contributed by atoms with Crippen molar-refractivity contribution in [2.24, 2.45) is 0 Å². The van der Waals surface area contributed by atoms with Crippen molar-refractivity contribution in [1.29, 1.82) is 0 Å². The van der Waals surface area contributed by atoms with Crippen LogP contribution >= 0.6 is 0 Å². The molecule has 4 heteroatoms. The van der Waals surface area contributed by atoms with E-state index in [0.717, 1.165) is 5.19 Å². The number of ether oxygens (including phenoxy) is 2. The van der Waals surface area contributed by atoms with Crippen LogP contribution in [0.25, 0.3) is 0 Å². The van der Waals surface area contributed by atoms with E-state index >= 15 is 4.11 Å². The van der Waals surface area contributed by atoms with Crippen molar-refractivity contribution >= 4 is 13.6 Å². The fraction of sp³-hybridized carbons (Fsp3) is 0.571. The summed E-state index contributed by atoms with van der Waals surface area (Å²) in [6.07, 6.45) is 0. The summed E-state index contributed by atoms with van der Waals surface area (Å²) in [6, 6.07) is 7.36. The molecular formula is C14H23FO2Si. The molecule has 0 aliphatic rings.